The average molecular weight is 521 g/mol. The molecule has 1 atom stereocenters. The molecule has 0 radical (unpaired) electrons. The van der Waals surface area contributed by atoms with Gasteiger partial charge in [0.1, 0.15) is 40.2 Å². The summed E-state index contributed by atoms with van der Waals surface area (Å²) in [6.45, 7) is 1.75. The Labute approximate surface area is 205 Å². The van der Waals surface area contributed by atoms with Gasteiger partial charge in [0.2, 0.25) is 0 Å². The molecule has 0 bridgehead atoms. The fraction of sp³-hybridized carbons (Fsp3) is 0.227. The second-order valence-corrected chi connectivity index (χ2v) is 10.5. The van der Waals surface area contributed by atoms with Crippen LogP contribution in [0.15, 0.2) is 48.9 Å². The molecule has 0 aliphatic carbocycles. The fourth-order valence-corrected chi connectivity index (χ4v) is 4.89. The van der Waals surface area contributed by atoms with E-state index >= 15 is 0 Å². The van der Waals surface area contributed by atoms with E-state index < -0.39 is 16.0 Å². The predicted octanol–water partition coefficient (Wildman–Crippen LogP) is 4.24. The molecule has 0 aliphatic rings. The number of hydrogen-bond acceptors (Lipinski definition) is 8. The van der Waals surface area contributed by atoms with Crippen LogP contribution in [0.1, 0.15) is 40.4 Å². The van der Waals surface area contributed by atoms with Gasteiger partial charge >= 0.3 is 0 Å². The molecule has 3 heterocycles. The summed E-state index contributed by atoms with van der Waals surface area (Å²) in [5.41, 5.74) is 8.10. The van der Waals surface area contributed by atoms with Crippen LogP contribution in [0.4, 0.5) is 0 Å². The smallest absolute Gasteiger partial charge is 0.264 e. The van der Waals surface area contributed by atoms with Crippen molar-refractivity contribution in [3.63, 3.8) is 0 Å². The number of primary amides is 1. The maximum atomic E-state index is 12.2. The second-order valence-electron chi connectivity index (χ2n) is 7.42. The van der Waals surface area contributed by atoms with E-state index in [-0.39, 0.29) is 17.6 Å². The zero-order valence-corrected chi connectivity index (χ0v) is 20.7. The molecule has 178 valence electrons. The number of nitrogens with zero attached hydrogens (tertiary/aromatic N) is 3. The fourth-order valence-electron chi connectivity index (χ4n) is 3.37. The third kappa shape index (κ3) is 5.22. The molecular formula is C22H21ClN4O5S2. The van der Waals surface area contributed by atoms with Crippen molar-refractivity contribution in [1.82, 2.24) is 14.5 Å². The minimum atomic E-state index is -3.61. The molecule has 1 aromatic carbocycles. The lowest BCUT2D eigenvalue weighted by Crippen LogP contribution is -2.13. The van der Waals surface area contributed by atoms with Crippen LogP contribution in [0.3, 0.4) is 0 Å². The highest BCUT2D eigenvalue weighted by atomic mass is 35.5. The maximum absolute atomic E-state index is 12.2. The summed E-state index contributed by atoms with van der Waals surface area (Å²) in [6.07, 6.45) is 4.32. The third-order valence-electron chi connectivity index (χ3n) is 4.95. The average Bonchev–Trinajstić information content (AvgIpc) is 3.40. The molecule has 0 saturated carbocycles. The van der Waals surface area contributed by atoms with Gasteiger partial charge in [-0.2, -0.15) is 8.42 Å². The largest absolute Gasteiger partial charge is 0.484 e. The summed E-state index contributed by atoms with van der Waals surface area (Å²) in [7, 11) is -3.61. The lowest BCUT2D eigenvalue weighted by Gasteiger charge is -2.18. The normalized spacial score (nSPS) is 12.7. The van der Waals surface area contributed by atoms with Gasteiger partial charge in [-0.25, -0.2) is 4.98 Å². The van der Waals surface area contributed by atoms with Gasteiger partial charge in [0.05, 0.1) is 23.7 Å². The van der Waals surface area contributed by atoms with E-state index in [4.69, 9.17) is 26.3 Å². The van der Waals surface area contributed by atoms with Crippen molar-refractivity contribution in [2.75, 3.05) is 6.26 Å². The molecule has 4 rings (SSSR count). The summed E-state index contributed by atoms with van der Waals surface area (Å²) in [4.78, 5) is 21.0. The Morgan fingerprint density at radius 1 is 1.26 bits per heavy atom. The quantitative estimate of drug-likeness (QED) is 0.327. The predicted molar refractivity (Wildman–Crippen MR) is 130 cm³/mol. The van der Waals surface area contributed by atoms with Gasteiger partial charge in [0.15, 0.2) is 0 Å². The van der Waals surface area contributed by atoms with Crippen LogP contribution in [0.2, 0.25) is 5.02 Å². The number of halogens is 1. The van der Waals surface area contributed by atoms with E-state index in [0.29, 0.717) is 38.9 Å². The van der Waals surface area contributed by atoms with Gasteiger partial charge in [-0.15, -0.1) is 11.3 Å². The van der Waals surface area contributed by atoms with Gasteiger partial charge in [-0.05, 0) is 18.6 Å². The molecule has 1 unspecified atom stereocenters. The summed E-state index contributed by atoms with van der Waals surface area (Å²) < 4.78 is 35.4. The number of carbonyl (C=O) groups excluding carboxylic acids is 1. The molecule has 4 aromatic rings. The number of amides is 1. The lowest BCUT2D eigenvalue weighted by molar-refractivity contribution is 0.0997. The van der Waals surface area contributed by atoms with Crippen molar-refractivity contribution in [3.05, 3.63) is 70.1 Å². The number of thiophene rings is 1. The zero-order valence-electron chi connectivity index (χ0n) is 18.3. The number of ether oxygens (including phenoxy) is 1. The highest BCUT2D eigenvalue weighted by molar-refractivity contribution is 7.85. The van der Waals surface area contributed by atoms with Crippen LogP contribution in [-0.4, -0.2) is 35.1 Å². The molecule has 12 heteroatoms. The molecule has 0 fully saturated rings. The van der Waals surface area contributed by atoms with Crippen LogP contribution >= 0.6 is 22.9 Å². The van der Waals surface area contributed by atoms with Crippen molar-refractivity contribution >= 4 is 50.0 Å². The Balaban J connectivity index is 1.71. The number of carbonyl (C=O) groups is 1. The SMILES string of the molecule is CCC(Oc1cc(-n2cnc3cnc(COS(C)(=O)=O)cc32)sc1C(N)=O)c1ccccc1Cl. The number of nitrogens with two attached hydrogens (primary N) is 1. The highest BCUT2D eigenvalue weighted by Crippen LogP contribution is 2.37. The zero-order chi connectivity index (χ0) is 24.5. The number of pyridine rings is 1. The third-order valence-corrected chi connectivity index (χ3v) is 6.97. The first-order valence-electron chi connectivity index (χ1n) is 10.2. The van der Waals surface area contributed by atoms with Crippen molar-refractivity contribution in [2.45, 2.75) is 26.1 Å². The van der Waals surface area contributed by atoms with Crippen LogP contribution < -0.4 is 10.5 Å². The Morgan fingerprint density at radius 3 is 2.71 bits per heavy atom. The van der Waals surface area contributed by atoms with Crippen LogP contribution in [-0.2, 0) is 20.9 Å². The van der Waals surface area contributed by atoms with E-state index in [2.05, 4.69) is 9.97 Å². The van der Waals surface area contributed by atoms with Crippen LogP contribution in [0.25, 0.3) is 16.0 Å². The number of imidazole rings is 1. The highest BCUT2D eigenvalue weighted by Gasteiger charge is 2.22. The van der Waals surface area contributed by atoms with E-state index in [1.54, 1.807) is 29.1 Å². The summed E-state index contributed by atoms with van der Waals surface area (Å²) >= 11 is 7.51. The summed E-state index contributed by atoms with van der Waals surface area (Å²) in [5, 5.41) is 1.21. The molecule has 0 spiro atoms. The first kappa shape index (κ1) is 24.1. The number of rotatable bonds is 9. The Kier molecular flexibility index (Phi) is 6.89. The molecule has 0 saturated heterocycles. The van der Waals surface area contributed by atoms with Crippen molar-refractivity contribution in [3.8, 4) is 10.8 Å². The van der Waals surface area contributed by atoms with E-state index in [9.17, 15) is 13.2 Å². The van der Waals surface area contributed by atoms with Gasteiger partial charge in [0.25, 0.3) is 16.0 Å². The van der Waals surface area contributed by atoms with E-state index in [1.165, 1.54) is 6.20 Å². The summed E-state index contributed by atoms with van der Waals surface area (Å²) in [6, 6.07) is 10.8. The summed E-state index contributed by atoms with van der Waals surface area (Å²) in [5.74, 6) is -0.274. The molecule has 1 amide bonds. The Morgan fingerprint density at radius 2 is 2.03 bits per heavy atom. The van der Waals surface area contributed by atoms with Gasteiger partial charge < -0.3 is 10.5 Å². The Hall–Kier alpha value is -2.99. The van der Waals surface area contributed by atoms with Gasteiger partial charge in [-0.3, -0.25) is 18.5 Å². The molecule has 2 N–H and O–H groups in total. The van der Waals surface area contributed by atoms with Crippen molar-refractivity contribution in [2.24, 2.45) is 5.73 Å². The Bertz CT molecular complexity index is 1470. The number of aromatic nitrogens is 3. The minimum Gasteiger partial charge on any atom is -0.484 e. The maximum Gasteiger partial charge on any atom is 0.264 e. The molecule has 9 nitrogen and oxygen atoms in total. The topological polar surface area (TPSA) is 126 Å². The first-order chi connectivity index (χ1) is 16.2. The van der Waals surface area contributed by atoms with Crippen LogP contribution in [0, 0.1) is 0 Å². The monoisotopic (exact) mass is 520 g/mol. The first-order valence-corrected chi connectivity index (χ1v) is 13.2. The van der Waals surface area contributed by atoms with E-state index in [0.717, 1.165) is 23.2 Å². The standard InChI is InChI=1S/C22H21ClN4O5S2/c1-3-18(14-6-4-5-7-15(14)23)32-19-9-20(33-21(19)22(24)28)27-12-26-16-10-25-13(8-17(16)27)11-31-34(2,29)30/h4-10,12,18H,3,11H2,1-2H3,(H2,24,28). The van der Waals surface area contributed by atoms with Crippen LogP contribution in [0.5, 0.6) is 5.75 Å². The second kappa shape index (κ2) is 9.71. The van der Waals surface area contributed by atoms with Gasteiger partial charge in [0, 0.05) is 16.7 Å². The number of hydrogen-bond donors (Lipinski definition) is 1. The number of fused-ring (bicyclic) bond motifs is 1. The van der Waals surface area contributed by atoms with Crippen molar-refractivity contribution < 1.29 is 22.1 Å². The van der Waals surface area contributed by atoms with E-state index in [1.807, 2.05) is 25.1 Å². The molecular weight excluding hydrogens is 500 g/mol. The number of benzene rings is 1. The van der Waals surface area contributed by atoms with Crippen molar-refractivity contribution in [1.29, 1.82) is 0 Å². The minimum absolute atomic E-state index is 0.207. The van der Waals surface area contributed by atoms with Gasteiger partial charge in [-0.1, -0.05) is 36.7 Å². The lowest BCUT2D eigenvalue weighted by atomic mass is 10.1. The molecule has 3 aromatic heterocycles. The molecule has 0 aliphatic heterocycles. The molecule has 34 heavy (non-hydrogen) atoms.